The lowest BCUT2D eigenvalue weighted by Gasteiger charge is -2.26. The molecule has 176 valence electrons. The topological polar surface area (TPSA) is 122 Å². The third-order valence-corrected chi connectivity index (χ3v) is 6.63. The minimum absolute atomic E-state index is 0. The van der Waals surface area contributed by atoms with Gasteiger partial charge in [-0.25, -0.2) is 9.97 Å². The number of hydrogen-bond acceptors (Lipinski definition) is 6. The predicted molar refractivity (Wildman–Crippen MR) is 130 cm³/mol. The summed E-state index contributed by atoms with van der Waals surface area (Å²) in [5.41, 5.74) is 4.01. The van der Waals surface area contributed by atoms with Crippen LogP contribution in [0.2, 0.25) is 0 Å². The van der Waals surface area contributed by atoms with Crippen LogP contribution in [0.3, 0.4) is 0 Å². The van der Waals surface area contributed by atoms with Crippen LogP contribution < -0.4 is 0 Å². The fourth-order valence-corrected chi connectivity index (χ4v) is 4.68. The van der Waals surface area contributed by atoms with Gasteiger partial charge in [-0.05, 0) is 36.8 Å². The van der Waals surface area contributed by atoms with E-state index in [1.54, 1.807) is 46.6 Å². The van der Waals surface area contributed by atoms with E-state index in [1.807, 2.05) is 31.2 Å². The maximum Gasteiger partial charge on any atom is 0.254 e. The largest absolute Gasteiger partial charge is 0.412 e. The van der Waals surface area contributed by atoms with E-state index in [4.69, 9.17) is 4.74 Å². The van der Waals surface area contributed by atoms with Crippen molar-refractivity contribution in [1.29, 1.82) is 0 Å². The van der Waals surface area contributed by atoms with Gasteiger partial charge in [0.1, 0.15) is 0 Å². The standard InChI is InChI=1S/C24H23N5O3S.H2O/c1-16-5-6-25-20(11-16)18-13-26-24(27-14-18)29-15-22(33(2)31)19-4-3-17(12-21(19)29)23(30)28-7-9-32-10-8-28;/h3-6,11-15H,7-10H2,1-2H3;1H2. The van der Waals surface area contributed by atoms with Crippen molar-refractivity contribution in [3.05, 3.63) is 66.2 Å². The Kier molecular flexibility index (Phi) is 6.82. The van der Waals surface area contributed by atoms with Gasteiger partial charge in [-0.15, -0.1) is 0 Å². The third-order valence-electron chi connectivity index (χ3n) is 5.69. The van der Waals surface area contributed by atoms with Crippen molar-refractivity contribution in [2.45, 2.75) is 11.8 Å². The molecule has 1 aliphatic heterocycles. The average molecular weight is 480 g/mol. The van der Waals surface area contributed by atoms with E-state index in [-0.39, 0.29) is 11.4 Å². The first-order valence-corrected chi connectivity index (χ1v) is 12.2. The second-order valence-electron chi connectivity index (χ2n) is 7.94. The lowest BCUT2D eigenvalue weighted by molar-refractivity contribution is 0.0303. The number of aryl methyl sites for hydroxylation is 1. The van der Waals surface area contributed by atoms with Gasteiger partial charge in [0.15, 0.2) is 0 Å². The highest BCUT2D eigenvalue weighted by Crippen LogP contribution is 2.28. The molecule has 0 aliphatic carbocycles. The first kappa shape index (κ1) is 23.7. The Morgan fingerprint density at radius 1 is 1.06 bits per heavy atom. The van der Waals surface area contributed by atoms with E-state index in [0.717, 1.165) is 27.7 Å². The molecular formula is C24H25N5O4S. The summed E-state index contributed by atoms with van der Waals surface area (Å²) in [6.07, 6.45) is 8.62. The number of fused-ring (bicyclic) bond motifs is 1. The van der Waals surface area contributed by atoms with E-state index in [0.29, 0.717) is 42.7 Å². The van der Waals surface area contributed by atoms with E-state index in [9.17, 15) is 9.00 Å². The van der Waals surface area contributed by atoms with Gasteiger partial charge in [-0.3, -0.25) is 18.6 Å². The van der Waals surface area contributed by atoms with Crippen LogP contribution in [-0.2, 0) is 15.5 Å². The fraction of sp³-hybridized carbons (Fsp3) is 0.250. The van der Waals surface area contributed by atoms with Crippen LogP contribution in [0.4, 0.5) is 0 Å². The Hall–Kier alpha value is -3.47. The summed E-state index contributed by atoms with van der Waals surface area (Å²) in [6, 6.07) is 9.37. The molecule has 3 aromatic heterocycles. The van der Waals surface area contributed by atoms with Crippen LogP contribution in [0, 0.1) is 6.92 Å². The van der Waals surface area contributed by atoms with Crippen molar-refractivity contribution in [3.8, 4) is 17.2 Å². The molecular weight excluding hydrogens is 454 g/mol. The smallest absolute Gasteiger partial charge is 0.254 e. The van der Waals surface area contributed by atoms with E-state index in [1.165, 1.54) is 0 Å². The van der Waals surface area contributed by atoms with Gasteiger partial charge in [-0.2, -0.15) is 0 Å². The van der Waals surface area contributed by atoms with E-state index >= 15 is 0 Å². The molecule has 1 saturated heterocycles. The molecule has 1 aliphatic rings. The molecule has 0 bridgehead atoms. The number of benzene rings is 1. The van der Waals surface area contributed by atoms with E-state index in [2.05, 4.69) is 15.0 Å². The maximum absolute atomic E-state index is 13.0. The SMILES string of the molecule is Cc1ccnc(-c2cnc(-n3cc(S(C)=O)c4ccc(C(=O)N5CCOCC5)cc43)nc2)c1.O. The summed E-state index contributed by atoms with van der Waals surface area (Å²) < 4.78 is 19.5. The van der Waals surface area contributed by atoms with Crippen LogP contribution in [0.15, 0.2) is 60.0 Å². The molecule has 2 N–H and O–H groups in total. The quantitative estimate of drug-likeness (QED) is 0.442. The highest BCUT2D eigenvalue weighted by Gasteiger charge is 2.21. The molecule has 1 aromatic carbocycles. The normalized spacial score (nSPS) is 14.6. The Bertz CT molecular complexity index is 1360. The molecule has 1 unspecified atom stereocenters. The molecule has 1 atom stereocenters. The molecule has 1 fully saturated rings. The molecule has 4 heterocycles. The van der Waals surface area contributed by atoms with Crippen molar-refractivity contribution in [2.75, 3.05) is 32.6 Å². The van der Waals surface area contributed by atoms with Crippen LogP contribution in [0.5, 0.6) is 0 Å². The van der Waals surface area contributed by atoms with Crippen molar-refractivity contribution in [1.82, 2.24) is 24.4 Å². The second kappa shape index (κ2) is 9.80. The first-order valence-electron chi connectivity index (χ1n) is 10.6. The van der Waals surface area contributed by atoms with Crippen LogP contribution >= 0.6 is 0 Å². The number of morpholine rings is 1. The Morgan fingerprint density at radius 3 is 2.47 bits per heavy atom. The Morgan fingerprint density at radius 2 is 1.79 bits per heavy atom. The number of carbonyl (C=O) groups excluding carboxylic acids is 1. The Balaban J connectivity index is 0.00000274. The number of carbonyl (C=O) groups is 1. The highest BCUT2D eigenvalue weighted by molar-refractivity contribution is 7.84. The first-order chi connectivity index (χ1) is 16.0. The van der Waals surface area contributed by atoms with Crippen molar-refractivity contribution >= 4 is 27.6 Å². The van der Waals surface area contributed by atoms with Crippen molar-refractivity contribution in [3.63, 3.8) is 0 Å². The zero-order valence-electron chi connectivity index (χ0n) is 18.9. The van der Waals surface area contributed by atoms with Gasteiger partial charge in [0.05, 0.1) is 40.1 Å². The minimum Gasteiger partial charge on any atom is -0.412 e. The van der Waals surface area contributed by atoms with Gasteiger partial charge in [0.2, 0.25) is 5.95 Å². The maximum atomic E-state index is 13.0. The molecule has 0 radical (unpaired) electrons. The van der Waals surface area contributed by atoms with Crippen molar-refractivity contribution < 1.29 is 19.2 Å². The Labute approximate surface area is 199 Å². The lowest BCUT2D eigenvalue weighted by Crippen LogP contribution is -2.40. The zero-order chi connectivity index (χ0) is 22.9. The highest BCUT2D eigenvalue weighted by atomic mass is 32.2. The molecule has 0 saturated carbocycles. The monoisotopic (exact) mass is 479 g/mol. The summed E-state index contributed by atoms with van der Waals surface area (Å²) in [6.45, 7) is 4.23. The summed E-state index contributed by atoms with van der Waals surface area (Å²) in [4.78, 5) is 29.0. The molecule has 4 aromatic rings. The summed E-state index contributed by atoms with van der Waals surface area (Å²) >= 11 is 0. The number of pyridine rings is 1. The number of aromatic nitrogens is 4. The molecule has 1 amide bonds. The van der Waals surface area contributed by atoms with Crippen LogP contribution in [-0.4, -0.2) is 72.6 Å². The van der Waals surface area contributed by atoms with Crippen LogP contribution in [0.1, 0.15) is 15.9 Å². The number of nitrogens with zero attached hydrogens (tertiary/aromatic N) is 5. The lowest BCUT2D eigenvalue weighted by atomic mass is 10.1. The van der Waals surface area contributed by atoms with Gasteiger partial charge in [-0.1, -0.05) is 6.07 Å². The number of rotatable bonds is 4. The van der Waals surface area contributed by atoms with Gasteiger partial charge < -0.3 is 15.1 Å². The minimum atomic E-state index is -1.21. The molecule has 34 heavy (non-hydrogen) atoms. The second-order valence-corrected chi connectivity index (χ2v) is 9.29. The number of amides is 1. The summed E-state index contributed by atoms with van der Waals surface area (Å²) in [5.74, 6) is 0.387. The fourth-order valence-electron chi connectivity index (χ4n) is 3.94. The summed E-state index contributed by atoms with van der Waals surface area (Å²) in [5, 5.41) is 0.808. The molecule has 0 spiro atoms. The summed E-state index contributed by atoms with van der Waals surface area (Å²) in [7, 11) is -1.21. The van der Waals surface area contributed by atoms with Gasteiger partial charge >= 0.3 is 0 Å². The van der Waals surface area contributed by atoms with Crippen LogP contribution in [0.25, 0.3) is 28.1 Å². The third kappa shape index (κ3) is 4.47. The van der Waals surface area contributed by atoms with E-state index < -0.39 is 10.8 Å². The molecule has 9 nitrogen and oxygen atoms in total. The number of hydrogen-bond donors (Lipinski definition) is 0. The zero-order valence-corrected chi connectivity index (χ0v) is 19.7. The predicted octanol–water partition coefficient (Wildman–Crippen LogP) is 2.18. The average Bonchev–Trinajstić information content (AvgIpc) is 3.23. The molecule has 10 heteroatoms. The van der Waals surface area contributed by atoms with Crippen molar-refractivity contribution in [2.24, 2.45) is 0 Å². The number of ether oxygens (including phenoxy) is 1. The van der Waals surface area contributed by atoms with Gasteiger partial charge in [0.25, 0.3) is 5.91 Å². The van der Waals surface area contributed by atoms with Gasteiger partial charge in [0, 0.05) is 60.6 Å². The molecule has 5 rings (SSSR count).